The number of rotatable bonds is 3. The molecule has 3 aromatic rings. The van der Waals surface area contributed by atoms with Crippen LogP contribution in [0.3, 0.4) is 0 Å². The first kappa shape index (κ1) is 19.4. The van der Waals surface area contributed by atoms with E-state index in [0.717, 1.165) is 11.1 Å². The third kappa shape index (κ3) is 3.68. The minimum Gasteiger partial charge on any atom is -0.508 e. The van der Waals surface area contributed by atoms with E-state index in [1.54, 1.807) is 18.2 Å². The van der Waals surface area contributed by atoms with E-state index in [9.17, 15) is 9.90 Å². The molecule has 2 aromatic heterocycles. The molecule has 1 fully saturated rings. The fraction of sp³-hybridized carbons (Fsp3) is 0.300. The van der Waals surface area contributed by atoms with Gasteiger partial charge in [0.25, 0.3) is 0 Å². The van der Waals surface area contributed by atoms with Gasteiger partial charge in [0, 0.05) is 18.7 Å². The van der Waals surface area contributed by atoms with Gasteiger partial charge in [-0.1, -0.05) is 11.6 Å². The molecule has 1 saturated heterocycles. The smallest absolute Gasteiger partial charge is 0.356 e. The van der Waals surface area contributed by atoms with Crippen LogP contribution >= 0.6 is 11.6 Å². The molecule has 3 heterocycles. The van der Waals surface area contributed by atoms with Crippen molar-refractivity contribution in [3.05, 3.63) is 40.5 Å². The lowest BCUT2D eigenvalue weighted by Crippen LogP contribution is -2.37. The molecule has 150 valence electrons. The number of esters is 1. The number of carbonyl (C=O) groups is 1. The summed E-state index contributed by atoms with van der Waals surface area (Å²) in [6.45, 7) is 4.35. The second kappa shape index (κ2) is 7.81. The lowest BCUT2D eigenvalue weighted by atomic mass is 10.0. The number of halogens is 1. The molecule has 0 atom stereocenters. The highest BCUT2D eigenvalue weighted by Gasteiger charge is 2.22. The average molecular weight is 415 g/mol. The van der Waals surface area contributed by atoms with Gasteiger partial charge in [-0.3, -0.25) is 0 Å². The predicted octanol–water partition coefficient (Wildman–Crippen LogP) is 2.98. The predicted molar refractivity (Wildman–Crippen MR) is 109 cm³/mol. The molecule has 0 bridgehead atoms. The Balaban J connectivity index is 2.00. The van der Waals surface area contributed by atoms with Gasteiger partial charge in [-0.2, -0.15) is 0 Å². The lowest BCUT2D eigenvalue weighted by Gasteiger charge is -2.27. The van der Waals surface area contributed by atoms with E-state index < -0.39 is 5.97 Å². The van der Waals surface area contributed by atoms with Gasteiger partial charge in [0.1, 0.15) is 22.5 Å². The van der Waals surface area contributed by atoms with Gasteiger partial charge in [0.2, 0.25) is 5.95 Å². The average Bonchev–Trinajstić information content (AvgIpc) is 2.73. The second-order valence-corrected chi connectivity index (χ2v) is 7.06. The first-order valence-corrected chi connectivity index (χ1v) is 9.45. The number of aryl methyl sites for hydroxylation is 1. The van der Waals surface area contributed by atoms with Crippen LogP contribution < -0.4 is 4.90 Å². The van der Waals surface area contributed by atoms with Gasteiger partial charge in [-0.25, -0.2) is 19.7 Å². The summed E-state index contributed by atoms with van der Waals surface area (Å²) >= 11 is 6.48. The van der Waals surface area contributed by atoms with E-state index >= 15 is 0 Å². The van der Waals surface area contributed by atoms with Crippen molar-refractivity contribution in [3.63, 3.8) is 0 Å². The Morgan fingerprint density at radius 3 is 2.62 bits per heavy atom. The summed E-state index contributed by atoms with van der Waals surface area (Å²) in [5.41, 5.74) is 3.00. The number of aromatic hydroxyl groups is 1. The van der Waals surface area contributed by atoms with Crippen LogP contribution in [-0.4, -0.2) is 59.4 Å². The molecule has 0 saturated carbocycles. The summed E-state index contributed by atoms with van der Waals surface area (Å²) in [5, 5.41) is 10.1. The molecule has 4 rings (SSSR count). The normalized spacial score (nSPS) is 14.2. The Morgan fingerprint density at radius 2 is 1.93 bits per heavy atom. The number of anilines is 1. The van der Waals surface area contributed by atoms with Gasteiger partial charge < -0.3 is 19.5 Å². The Hall–Kier alpha value is -2.97. The number of pyridine rings is 1. The molecule has 29 heavy (non-hydrogen) atoms. The van der Waals surface area contributed by atoms with Crippen molar-refractivity contribution in [1.82, 2.24) is 15.0 Å². The van der Waals surface area contributed by atoms with Crippen LogP contribution in [0.4, 0.5) is 5.95 Å². The summed E-state index contributed by atoms with van der Waals surface area (Å²) in [6.07, 6.45) is 0. The first-order chi connectivity index (χ1) is 14.0. The fourth-order valence-electron chi connectivity index (χ4n) is 3.27. The SMILES string of the molecule is COC(=O)c1cc(Cl)c2nc(N3CCOCC3)nc(-c3ccc(O)cc3C)c2n1. The van der Waals surface area contributed by atoms with Crippen LogP contribution in [0.1, 0.15) is 16.1 Å². The van der Waals surface area contributed by atoms with E-state index in [0.29, 0.717) is 49.0 Å². The highest BCUT2D eigenvalue weighted by molar-refractivity contribution is 6.35. The van der Waals surface area contributed by atoms with Crippen molar-refractivity contribution < 1.29 is 19.4 Å². The molecule has 0 spiro atoms. The number of aromatic nitrogens is 3. The third-order valence-corrected chi connectivity index (χ3v) is 5.04. The molecule has 0 radical (unpaired) electrons. The van der Waals surface area contributed by atoms with Crippen molar-refractivity contribution in [2.45, 2.75) is 6.92 Å². The van der Waals surface area contributed by atoms with Crippen molar-refractivity contribution in [3.8, 4) is 17.0 Å². The van der Waals surface area contributed by atoms with Crippen LogP contribution in [0.15, 0.2) is 24.3 Å². The monoisotopic (exact) mass is 414 g/mol. The number of hydrogen-bond donors (Lipinski definition) is 1. The Morgan fingerprint density at radius 1 is 1.17 bits per heavy atom. The molecule has 1 aromatic carbocycles. The number of phenolic OH excluding ortho intramolecular Hbond substituents is 1. The fourth-order valence-corrected chi connectivity index (χ4v) is 3.51. The minimum atomic E-state index is -0.598. The maximum Gasteiger partial charge on any atom is 0.356 e. The Labute approximate surface area is 172 Å². The van der Waals surface area contributed by atoms with Crippen LogP contribution in [-0.2, 0) is 9.47 Å². The Bertz CT molecular complexity index is 1100. The molecular formula is C20H19ClN4O4. The highest BCUT2D eigenvalue weighted by Crippen LogP contribution is 2.34. The van der Waals surface area contributed by atoms with Gasteiger partial charge in [0.05, 0.1) is 25.3 Å². The maximum atomic E-state index is 12.0. The van der Waals surface area contributed by atoms with E-state index in [1.165, 1.54) is 13.2 Å². The minimum absolute atomic E-state index is 0.0744. The van der Waals surface area contributed by atoms with E-state index in [-0.39, 0.29) is 16.5 Å². The van der Waals surface area contributed by atoms with Gasteiger partial charge in [-0.05, 0) is 36.8 Å². The topological polar surface area (TPSA) is 97.7 Å². The molecule has 0 unspecified atom stereocenters. The maximum absolute atomic E-state index is 12.0. The van der Waals surface area contributed by atoms with Crippen LogP contribution in [0.5, 0.6) is 5.75 Å². The molecule has 0 amide bonds. The van der Waals surface area contributed by atoms with Gasteiger partial charge in [-0.15, -0.1) is 0 Å². The summed E-state index contributed by atoms with van der Waals surface area (Å²) in [5.74, 6) is 0.0662. The van der Waals surface area contributed by atoms with E-state index in [2.05, 4.69) is 9.97 Å². The Kier molecular flexibility index (Phi) is 5.21. The van der Waals surface area contributed by atoms with E-state index in [1.807, 2.05) is 11.8 Å². The molecule has 0 aliphatic carbocycles. The summed E-state index contributed by atoms with van der Waals surface area (Å²) in [7, 11) is 1.28. The number of hydrogen-bond acceptors (Lipinski definition) is 8. The zero-order chi connectivity index (χ0) is 20.5. The van der Waals surface area contributed by atoms with Crippen molar-refractivity contribution in [2.75, 3.05) is 38.3 Å². The number of morpholine rings is 1. The standard InChI is InChI=1S/C20H19ClN4O4/c1-11-9-12(26)3-4-13(11)16-18-17(14(21)10-15(22-18)19(27)28-2)24-20(23-16)25-5-7-29-8-6-25/h3-4,9-10,26H,5-8H2,1-2H3. The lowest BCUT2D eigenvalue weighted by molar-refractivity contribution is 0.0594. The van der Waals surface area contributed by atoms with Crippen LogP contribution in [0.25, 0.3) is 22.3 Å². The molecule has 8 nitrogen and oxygen atoms in total. The van der Waals surface area contributed by atoms with E-state index in [4.69, 9.17) is 26.1 Å². The molecule has 1 aliphatic rings. The number of ether oxygens (including phenoxy) is 2. The second-order valence-electron chi connectivity index (χ2n) is 6.65. The number of carbonyl (C=O) groups excluding carboxylic acids is 1. The zero-order valence-corrected chi connectivity index (χ0v) is 16.7. The van der Waals surface area contributed by atoms with Crippen LogP contribution in [0, 0.1) is 6.92 Å². The number of methoxy groups -OCH3 is 1. The van der Waals surface area contributed by atoms with Crippen molar-refractivity contribution >= 4 is 34.6 Å². The van der Waals surface area contributed by atoms with Crippen LogP contribution in [0.2, 0.25) is 5.02 Å². The number of benzene rings is 1. The third-order valence-electron chi connectivity index (χ3n) is 4.75. The number of fused-ring (bicyclic) bond motifs is 1. The molecular weight excluding hydrogens is 396 g/mol. The molecule has 1 aliphatic heterocycles. The number of phenols is 1. The van der Waals surface area contributed by atoms with Gasteiger partial charge >= 0.3 is 5.97 Å². The van der Waals surface area contributed by atoms with Gasteiger partial charge in [0.15, 0.2) is 5.69 Å². The highest BCUT2D eigenvalue weighted by atomic mass is 35.5. The molecule has 9 heteroatoms. The quantitative estimate of drug-likeness (QED) is 0.653. The number of nitrogens with zero attached hydrogens (tertiary/aromatic N) is 4. The first-order valence-electron chi connectivity index (χ1n) is 9.07. The molecule has 1 N–H and O–H groups in total. The summed E-state index contributed by atoms with van der Waals surface area (Å²) in [4.78, 5) is 27.9. The largest absolute Gasteiger partial charge is 0.508 e. The van der Waals surface area contributed by atoms with Crippen molar-refractivity contribution in [1.29, 1.82) is 0 Å². The van der Waals surface area contributed by atoms with Crippen molar-refractivity contribution in [2.24, 2.45) is 0 Å². The summed E-state index contributed by atoms with van der Waals surface area (Å²) < 4.78 is 10.2. The summed E-state index contributed by atoms with van der Waals surface area (Å²) in [6, 6.07) is 6.43. The zero-order valence-electron chi connectivity index (χ0n) is 16.0.